The van der Waals surface area contributed by atoms with E-state index in [0.717, 1.165) is 5.56 Å². The van der Waals surface area contributed by atoms with Crippen molar-refractivity contribution in [2.24, 2.45) is 0 Å². The molecule has 3 aromatic rings. The minimum atomic E-state index is -0.303. The molecule has 0 aromatic heterocycles. The maximum atomic E-state index is 12.7. The molecule has 0 atom stereocenters. The van der Waals surface area contributed by atoms with Crippen molar-refractivity contribution in [2.45, 2.75) is 6.54 Å². The smallest absolute Gasteiger partial charge is 0.265 e. The van der Waals surface area contributed by atoms with Gasteiger partial charge >= 0.3 is 0 Å². The third-order valence-electron chi connectivity index (χ3n) is 5.02. The molecule has 0 radical (unpaired) electrons. The molecule has 0 spiro atoms. The normalized spacial score (nSPS) is 14.1. The number of carbonyl (C=O) groups excluding carboxylic acids is 2. The third-order valence-corrected chi connectivity index (χ3v) is 5.26. The molecule has 0 aliphatic carbocycles. The summed E-state index contributed by atoms with van der Waals surface area (Å²) in [5.41, 5.74) is 2.45. The summed E-state index contributed by atoms with van der Waals surface area (Å²) >= 11 is 6.08. The van der Waals surface area contributed by atoms with E-state index in [1.165, 1.54) is 0 Å². The topological polar surface area (TPSA) is 77.1 Å². The van der Waals surface area contributed by atoms with Gasteiger partial charge in [-0.1, -0.05) is 23.7 Å². The highest BCUT2D eigenvalue weighted by Gasteiger charge is 2.26. The molecule has 2 heterocycles. The highest BCUT2D eigenvalue weighted by molar-refractivity contribution is 6.30. The van der Waals surface area contributed by atoms with Crippen LogP contribution < -0.4 is 24.4 Å². The first kappa shape index (κ1) is 19.3. The zero-order chi connectivity index (χ0) is 21.4. The minimum absolute atomic E-state index is 0.0452. The molecule has 2 aliphatic rings. The summed E-state index contributed by atoms with van der Waals surface area (Å²) in [7, 11) is 0. The summed E-state index contributed by atoms with van der Waals surface area (Å²) in [6.45, 7) is 0.438. The van der Waals surface area contributed by atoms with Crippen LogP contribution >= 0.6 is 11.6 Å². The number of nitrogens with one attached hydrogen (secondary N) is 1. The molecular formula is C23H17ClN2O5. The molecule has 0 saturated carbocycles. The molecule has 0 unspecified atom stereocenters. The number of halogens is 1. The summed E-state index contributed by atoms with van der Waals surface area (Å²) in [5, 5.41) is 3.46. The van der Waals surface area contributed by atoms with Crippen LogP contribution in [0.5, 0.6) is 17.2 Å². The van der Waals surface area contributed by atoms with Gasteiger partial charge in [0.25, 0.3) is 11.8 Å². The molecular weight excluding hydrogens is 420 g/mol. The second-order valence-electron chi connectivity index (χ2n) is 7.10. The fourth-order valence-corrected chi connectivity index (χ4v) is 3.73. The Morgan fingerprint density at radius 2 is 1.81 bits per heavy atom. The van der Waals surface area contributed by atoms with Crippen LogP contribution in [-0.2, 0) is 11.3 Å². The van der Waals surface area contributed by atoms with Crippen LogP contribution in [0, 0.1) is 0 Å². The van der Waals surface area contributed by atoms with E-state index in [2.05, 4.69) is 5.32 Å². The Kier molecular flexibility index (Phi) is 4.88. The van der Waals surface area contributed by atoms with Crippen LogP contribution in [0.2, 0.25) is 5.02 Å². The van der Waals surface area contributed by atoms with Crippen molar-refractivity contribution in [1.82, 2.24) is 0 Å². The summed E-state index contributed by atoms with van der Waals surface area (Å²) < 4.78 is 16.2. The molecule has 5 rings (SSSR count). The summed E-state index contributed by atoms with van der Waals surface area (Å²) in [6.07, 6.45) is 0. The number of ether oxygens (including phenoxy) is 3. The fraction of sp³-hybridized carbons (Fsp3) is 0.130. The van der Waals surface area contributed by atoms with Crippen molar-refractivity contribution in [3.63, 3.8) is 0 Å². The Labute approximate surface area is 183 Å². The summed E-state index contributed by atoms with van der Waals surface area (Å²) in [4.78, 5) is 26.9. The van der Waals surface area contributed by atoms with Crippen molar-refractivity contribution in [1.29, 1.82) is 0 Å². The van der Waals surface area contributed by atoms with Gasteiger partial charge in [-0.25, -0.2) is 0 Å². The maximum absolute atomic E-state index is 12.7. The van der Waals surface area contributed by atoms with Gasteiger partial charge in [0.05, 0.1) is 12.2 Å². The number of hydrogen-bond acceptors (Lipinski definition) is 5. The Morgan fingerprint density at radius 1 is 0.968 bits per heavy atom. The van der Waals surface area contributed by atoms with E-state index in [0.29, 0.717) is 45.8 Å². The second kappa shape index (κ2) is 7.85. The molecule has 1 N–H and O–H groups in total. The Balaban J connectivity index is 1.40. The van der Waals surface area contributed by atoms with Gasteiger partial charge in [-0.15, -0.1) is 0 Å². The van der Waals surface area contributed by atoms with Crippen LogP contribution in [0.15, 0.2) is 60.7 Å². The molecule has 2 amide bonds. The monoisotopic (exact) mass is 436 g/mol. The lowest BCUT2D eigenvalue weighted by Gasteiger charge is -2.30. The molecule has 3 aromatic carbocycles. The first-order valence-corrected chi connectivity index (χ1v) is 9.97. The molecule has 0 saturated heterocycles. The fourth-order valence-electron chi connectivity index (χ4n) is 3.51. The largest absolute Gasteiger partial charge is 0.482 e. The number of amides is 2. The van der Waals surface area contributed by atoms with Gasteiger partial charge in [0.15, 0.2) is 18.1 Å². The highest BCUT2D eigenvalue weighted by atomic mass is 35.5. The number of hydrogen-bond donors (Lipinski definition) is 1. The average molecular weight is 437 g/mol. The molecule has 7 nitrogen and oxygen atoms in total. The average Bonchev–Trinajstić information content (AvgIpc) is 3.24. The Bertz CT molecular complexity index is 1200. The second-order valence-corrected chi connectivity index (χ2v) is 7.54. The Morgan fingerprint density at radius 3 is 2.68 bits per heavy atom. The van der Waals surface area contributed by atoms with Gasteiger partial charge in [-0.05, 0) is 54.1 Å². The quantitative estimate of drug-likeness (QED) is 0.661. The zero-order valence-electron chi connectivity index (χ0n) is 16.3. The van der Waals surface area contributed by atoms with Crippen LogP contribution in [0.25, 0.3) is 0 Å². The third kappa shape index (κ3) is 3.87. The molecule has 0 bridgehead atoms. The van der Waals surface area contributed by atoms with E-state index in [4.69, 9.17) is 25.8 Å². The van der Waals surface area contributed by atoms with E-state index in [9.17, 15) is 9.59 Å². The molecule has 31 heavy (non-hydrogen) atoms. The maximum Gasteiger partial charge on any atom is 0.265 e. The van der Waals surface area contributed by atoms with Crippen LogP contribution in [0.1, 0.15) is 15.9 Å². The van der Waals surface area contributed by atoms with E-state index >= 15 is 0 Å². The lowest BCUT2D eigenvalue weighted by atomic mass is 10.1. The molecule has 8 heteroatoms. The summed E-state index contributed by atoms with van der Waals surface area (Å²) in [5.74, 6) is 1.24. The number of nitrogens with zero attached hydrogens (tertiary/aromatic N) is 1. The summed E-state index contributed by atoms with van der Waals surface area (Å²) in [6, 6.07) is 17.5. The van der Waals surface area contributed by atoms with Crippen molar-refractivity contribution in [3.8, 4) is 17.2 Å². The highest BCUT2D eigenvalue weighted by Crippen LogP contribution is 2.36. The van der Waals surface area contributed by atoms with Gasteiger partial charge in [-0.3, -0.25) is 9.59 Å². The number of rotatable bonds is 4. The van der Waals surface area contributed by atoms with Crippen molar-refractivity contribution in [2.75, 3.05) is 23.6 Å². The number of fused-ring (bicyclic) bond motifs is 2. The number of benzene rings is 3. The van der Waals surface area contributed by atoms with Crippen molar-refractivity contribution in [3.05, 3.63) is 76.8 Å². The first-order chi connectivity index (χ1) is 15.1. The standard InChI is InChI=1S/C23H17ClN2O5/c24-16-3-1-2-14(8-16)11-26-18-10-17(5-7-19(18)29-12-22(26)27)25-23(28)15-4-6-20-21(9-15)31-13-30-20/h1-10H,11-13H2,(H,25,28). The predicted octanol–water partition coefficient (Wildman–Crippen LogP) is 4.25. The number of anilines is 2. The predicted molar refractivity (Wildman–Crippen MR) is 115 cm³/mol. The molecule has 0 fully saturated rings. The van der Waals surface area contributed by atoms with Gasteiger partial charge in [0.2, 0.25) is 6.79 Å². The zero-order valence-corrected chi connectivity index (χ0v) is 17.0. The van der Waals surface area contributed by atoms with E-state index in [-0.39, 0.29) is 25.2 Å². The number of carbonyl (C=O) groups is 2. The van der Waals surface area contributed by atoms with Crippen LogP contribution in [0.3, 0.4) is 0 Å². The molecule has 2 aliphatic heterocycles. The van der Waals surface area contributed by atoms with E-state index < -0.39 is 0 Å². The van der Waals surface area contributed by atoms with Crippen molar-refractivity contribution < 1.29 is 23.8 Å². The minimum Gasteiger partial charge on any atom is -0.482 e. The van der Waals surface area contributed by atoms with Gasteiger partial charge in [0.1, 0.15) is 5.75 Å². The Hall–Kier alpha value is -3.71. The van der Waals surface area contributed by atoms with Gasteiger partial charge < -0.3 is 24.4 Å². The van der Waals surface area contributed by atoms with E-state index in [1.807, 2.05) is 18.2 Å². The van der Waals surface area contributed by atoms with Crippen LogP contribution in [0.4, 0.5) is 11.4 Å². The SMILES string of the molecule is O=C(Nc1ccc2c(c1)N(Cc1cccc(Cl)c1)C(=O)CO2)c1ccc2c(c1)OCO2. The van der Waals surface area contributed by atoms with Gasteiger partial charge in [-0.2, -0.15) is 0 Å². The first-order valence-electron chi connectivity index (χ1n) is 9.59. The van der Waals surface area contributed by atoms with Crippen molar-refractivity contribution >= 4 is 34.8 Å². The van der Waals surface area contributed by atoms with Crippen LogP contribution in [-0.4, -0.2) is 25.2 Å². The lowest BCUT2D eigenvalue weighted by molar-refractivity contribution is -0.121. The lowest BCUT2D eigenvalue weighted by Crippen LogP contribution is -2.38. The van der Waals surface area contributed by atoms with E-state index in [1.54, 1.807) is 47.4 Å². The van der Waals surface area contributed by atoms with Gasteiger partial charge in [0, 0.05) is 16.3 Å². The molecule has 156 valence electrons.